The van der Waals surface area contributed by atoms with Crippen LogP contribution in [0.15, 0.2) is 18.2 Å². The first-order chi connectivity index (χ1) is 24.3. The Kier molecular flexibility index (Phi) is 12.4. The number of likely N-dealkylation sites (tertiary alicyclic amines) is 1. The molecular formula is C39H56F5NO5S. The highest BCUT2D eigenvalue weighted by atomic mass is 32.2. The Bertz CT molecular complexity index is 1370. The third-order valence-corrected chi connectivity index (χ3v) is 14.7. The van der Waals surface area contributed by atoms with Crippen LogP contribution in [-0.2, 0) is 22.0 Å². The van der Waals surface area contributed by atoms with Crippen LogP contribution in [0.5, 0.6) is 5.75 Å². The van der Waals surface area contributed by atoms with E-state index in [1.165, 1.54) is 11.1 Å². The number of amides is 1. The topological polar surface area (TPSA) is 76.1 Å². The second kappa shape index (κ2) is 16.3. The van der Waals surface area contributed by atoms with E-state index in [1.807, 2.05) is 11.0 Å². The minimum atomic E-state index is -5.55. The summed E-state index contributed by atoms with van der Waals surface area (Å²) >= 11 is 0. The standard InChI is InChI=1S/C39H56F5NO5S/c1-37-17-15-32-31-12-11-30(50-36(47)45-22-28-24-49-25-29(28)23-45)21-27(31)20-26(35(32)33(37)13-14-34(37)46)10-7-5-3-2-4-6-8-18-51(48)19-9-16-38(40,41)39(42,43)44/h11-12,21,26,28-29,32-35,46H,2-10,13-20,22-25H2,1H3. The quantitative estimate of drug-likeness (QED) is 0.143. The first-order valence-electron chi connectivity index (χ1n) is 19.4. The number of halogens is 5. The Morgan fingerprint density at radius 1 is 0.961 bits per heavy atom. The number of fused-ring (bicyclic) bond motifs is 6. The third-order valence-electron chi connectivity index (χ3n) is 13.3. The molecule has 1 N–H and O–H groups in total. The molecule has 288 valence electrons. The molecule has 4 fully saturated rings. The normalized spacial score (nSPS) is 32.3. The predicted molar refractivity (Wildman–Crippen MR) is 186 cm³/mol. The second-order valence-electron chi connectivity index (χ2n) is 16.5. The van der Waals surface area contributed by atoms with Gasteiger partial charge in [0, 0.05) is 53.7 Å². The van der Waals surface area contributed by atoms with Gasteiger partial charge >= 0.3 is 18.2 Å². The van der Waals surface area contributed by atoms with Gasteiger partial charge in [0.2, 0.25) is 0 Å². The first-order valence-corrected chi connectivity index (χ1v) is 20.9. The van der Waals surface area contributed by atoms with E-state index >= 15 is 0 Å². The van der Waals surface area contributed by atoms with Crippen LogP contribution in [0, 0.1) is 35.0 Å². The molecule has 1 aromatic rings. The van der Waals surface area contributed by atoms with Gasteiger partial charge in [-0.1, -0.05) is 51.5 Å². The molecule has 9 atom stereocenters. The van der Waals surface area contributed by atoms with Crippen LogP contribution in [0.1, 0.15) is 114 Å². The Labute approximate surface area is 302 Å². The molecule has 3 aliphatic carbocycles. The maximum absolute atomic E-state index is 13.1. The van der Waals surface area contributed by atoms with Gasteiger partial charge in [-0.2, -0.15) is 22.0 Å². The summed E-state index contributed by atoms with van der Waals surface area (Å²) in [6.07, 6.45) is 5.29. The third kappa shape index (κ3) is 8.79. The number of aliphatic hydroxyl groups excluding tert-OH is 1. The molecule has 9 unspecified atom stereocenters. The van der Waals surface area contributed by atoms with Crippen molar-refractivity contribution in [3.05, 3.63) is 29.3 Å². The molecule has 0 spiro atoms. The highest BCUT2D eigenvalue weighted by Gasteiger charge is 2.57. The van der Waals surface area contributed by atoms with Crippen molar-refractivity contribution in [1.82, 2.24) is 4.90 Å². The average molecular weight is 746 g/mol. The fraction of sp³-hybridized carbons (Fsp3) is 0.821. The van der Waals surface area contributed by atoms with Crippen LogP contribution >= 0.6 is 0 Å². The maximum Gasteiger partial charge on any atom is 0.453 e. The van der Waals surface area contributed by atoms with Gasteiger partial charge in [0.15, 0.2) is 0 Å². The van der Waals surface area contributed by atoms with Gasteiger partial charge in [-0.15, -0.1) is 0 Å². The van der Waals surface area contributed by atoms with Crippen LogP contribution in [0.25, 0.3) is 0 Å². The Hall–Kier alpha value is -1.79. The molecule has 2 saturated carbocycles. The van der Waals surface area contributed by atoms with E-state index < -0.39 is 35.7 Å². The zero-order valence-electron chi connectivity index (χ0n) is 29.9. The van der Waals surface area contributed by atoms with Crippen molar-refractivity contribution >= 4 is 16.9 Å². The van der Waals surface area contributed by atoms with Crippen molar-refractivity contribution in [3.8, 4) is 5.75 Å². The van der Waals surface area contributed by atoms with Crippen molar-refractivity contribution in [2.24, 2.45) is 35.0 Å². The molecule has 6 rings (SSSR count). The molecular weight excluding hydrogens is 689 g/mol. The molecule has 51 heavy (non-hydrogen) atoms. The van der Waals surface area contributed by atoms with Gasteiger partial charge < -0.3 is 19.5 Å². The monoisotopic (exact) mass is 745 g/mol. The fourth-order valence-corrected chi connectivity index (χ4v) is 11.5. The molecule has 0 aromatic heterocycles. The number of carbonyl (C=O) groups excluding carboxylic acids is 1. The van der Waals surface area contributed by atoms with E-state index in [-0.39, 0.29) is 23.4 Å². The lowest BCUT2D eigenvalue weighted by Crippen LogP contribution is -2.47. The number of ether oxygens (including phenoxy) is 2. The summed E-state index contributed by atoms with van der Waals surface area (Å²) in [7, 11) is -1.38. The fourth-order valence-electron chi connectivity index (χ4n) is 10.3. The SMILES string of the molecule is CC12CCC3c4ccc(OC(=O)N5CC6COCC6C5)cc4CC(CCCCCCCCCS(=O)CCCC(F)(F)C(F)(F)F)C3C1CCC2O. The number of hydrogen-bond donors (Lipinski definition) is 1. The molecule has 1 amide bonds. The van der Waals surface area contributed by atoms with Crippen molar-refractivity contribution in [2.75, 3.05) is 37.8 Å². The van der Waals surface area contributed by atoms with Crippen LogP contribution in [0.4, 0.5) is 26.7 Å². The highest BCUT2D eigenvalue weighted by Crippen LogP contribution is 2.62. The molecule has 12 heteroatoms. The minimum Gasteiger partial charge on any atom is -0.410 e. The second-order valence-corrected chi connectivity index (χ2v) is 18.2. The van der Waals surface area contributed by atoms with Crippen molar-refractivity contribution in [3.63, 3.8) is 0 Å². The summed E-state index contributed by atoms with van der Waals surface area (Å²) in [6, 6.07) is 6.29. The minimum absolute atomic E-state index is 0.0245. The number of rotatable bonds is 15. The average Bonchev–Trinajstić information content (AvgIpc) is 3.77. The molecule has 2 heterocycles. The van der Waals surface area contributed by atoms with Crippen molar-refractivity contribution in [2.45, 2.75) is 127 Å². The van der Waals surface area contributed by atoms with E-state index in [2.05, 4.69) is 19.1 Å². The van der Waals surface area contributed by atoms with E-state index in [4.69, 9.17) is 9.47 Å². The van der Waals surface area contributed by atoms with E-state index in [1.54, 1.807) is 0 Å². The molecule has 1 aromatic carbocycles. The molecule has 5 aliphatic rings. The molecule has 2 saturated heterocycles. The first kappa shape index (κ1) is 38.9. The van der Waals surface area contributed by atoms with Gasteiger partial charge in [0.1, 0.15) is 5.75 Å². The smallest absolute Gasteiger partial charge is 0.410 e. The van der Waals surface area contributed by atoms with Crippen LogP contribution in [-0.4, -0.2) is 76.3 Å². The van der Waals surface area contributed by atoms with Gasteiger partial charge in [0.05, 0.1) is 19.3 Å². The van der Waals surface area contributed by atoms with E-state index in [9.17, 15) is 36.1 Å². The van der Waals surface area contributed by atoms with Crippen molar-refractivity contribution < 1.29 is 45.5 Å². The Balaban J connectivity index is 0.963. The molecule has 0 bridgehead atoms. The molecule has 6 nitrogen and oxygen atoms in total. The van der Waals surface area contributed by atoms with Crippen LogP contribution in [0.2, 0.25) is 0 Å². The summed E-state index contributed by atoms with van der Waals surface area (Å²) in [5.41, 5.74) is 2.67. The number of benzene rings is 1. The van der Waals surface area contributed by atoms with Gasteiger partial charge in [-0.05, 0) is 104 Å². The van der Waals surface area contributed by atoms with Gasteiger partial charge in [-0.25, -0.2) is 4.79 Å². The zero-order chi connectivity index (χ0) is 36.4. The Morgan fingerprint density at radius 2 is 1.63 bits per heavy atom. The Morgan fingerprint density at radius 3 is 2.33 bits per heavy atom. The summed E-state index contributed by atoms with van der Waals surface area (Å²) in [5.74, 6) is -1.07. The maximum atomic E-state index is 13.1. The largest absolute Gasteiger partial charge is 0.453 e. The van der Waals surface area contributed by atoms with Crippen LogP contribution in [0.3, 0.4) is 0 Å². The van der Waals surface area contributed by atoms with E-state index in [0.717, 1.165) is 77.0 Å². The molecule has 2 aliphatic heterocycles. The predicted octanol–water partition coefficient (Wildman–Crippen LogP) is 9.05. The number of carbonyl (C=O) groups is 1. The summed E-state index contributed by atoms with van der Waals surface area (Å²) in [5, 5.41) is 11.0. The molecule has 0 radical (unpaired) electrons. The number of aliphatic hydroxyl groups is 1. The lowest BCUT2D eigenvalue weighted by atomic mass is 9.52. The summed E-state index contributed by atoms with van der Waals surface area (Å²) < 4.78 is 86.6. The number of alkyl halides is 5. The highest BCUT2D eigenvalue weighted by molar-refractivity contribution is 7.84. The lowest BCUT2D eigenvalue weighted by Gasteiger charge is -2.53. The number of nitrogens with zero attached hydrogens (tertiary/aromatic N) is 1. The van der Waals surface area contributed by atoms with Crippen LogP contribution < -0.4 is 4.74 Å². The van der Waals surface area contributed by atoms with E-state index in [0.29, 0.717) is 79.7 Å². The van der Waals surface area contributed by atoms with Gasteiger partial charge in [0.25, 0.3) is 0 Å². The zero-order valence-corrected chi connectivity index (χ0v) is 30.8. The number of unbranched alkanes of at least 4 members (excludes halogenated alkanes) is 6. The van der Waals surface area contributed by atoms with Gasteiger partial charge in [-0.3, -0.25) is 4.21 Å². The lowest BCUT2D eigenvalue weighted by molar-refractivity contribution is -0.284. The number of hydrogen-bond acceptors (Lipinski definition) is 5. The summed E-state index contributed by atoms with van der Waals surface area (Å²) in [4.78, 5) is 14.9. The van der Waals surface area contributed by atoms with Crippen molar-refractivity contribution in [1.29, 1.82) is 0 Å². The summed E-state index contributed by atoms with van der Waals surface area (Å²) in [6.45, 7) is 5.12.